The second-order valence-electron chi connectivity index (χ2n) is 5.58. The van der Waals surface area contributed by atoms with Gasteiger partial charge >= 0.3 is 6.03 Å². The number of amides is 2. The summed E-state index contributed by atoms with van der Waals surface area (Å²) in [5, 5.41) is 5.74. The van der Waals surface area contributed by atoms with E-state index in [1.54, 1.807) is 6.26 Å². The second-order valence-corrected chi connectivity index (χ2v) is 5.58. The lowest BCUT2D eigenvalue weighted by atomic mass is 10.1. The van der Waals surface area contributed by atoms with Gasteiger partial charge in [-0.3, -0.25) is 0 Å². The highest BCUT2D eigenvalue weighted by molar-refractivity contribution is 5.73. The van der Waals surface area contributed by atoms with Crippen LogP contribution in [0.1, 0.15) is 12.2 Å². The van der Waals surface area contributed by atoms with Gasteiger partial charge < -0.3 is 20.0 Å². The van der Waals surface area contributed by atoms with Crippen molar-refractivity contribution >= 4 is 11.7 Å². The van der Waals surface area contributed by atoms with E-state index >= 15 is 0 Å². The Labute approximate surface area is 130 Å². The third-order valence-electron chi connectivity index (χ3n) is 3.96. The molecule has 2 heterocycles. The standard InChI is InChI=1S/C17H21N3O2/c21-17(19-12-16-7-4-10-22-16)18-11-14-8-9-20(13-14)15-5-2-1-3-6-15/h1-7,10,14H,8-9,11-13H2,(H2,18,19,21). The molecule has 1 aliphatic rings. The molecule has 1 atom stereocenters. The minimum absolute atomic E-state index is 0.144. The van der Waals surface area contributed by atoms with Crippen LogP contribution in [-0.4, -0.2) is 25.7 Å². The average molecular weight is 299 g/mol. The van der Waals surface area contributed by atoms with Crippen molar-refractivity contribution < 1.29 is 9.21 Å². The Balaban J connectivity index is 1.38. The van der Waals surface area contributed by atoms with Gasteiger partial charge in [0.1, 0.15) is 5.76 Å². The van der Waals surface area contributed by atoms with Gasteiger partial charge in [-0.1, -0.05) is 18.2 Å². The molecule has 1 aliphatic heterocycles. The van der Waals surface area contributed by atoms with Crippen molar-refractivity contribution in [3.8, 4) is 0 Å². The number of para-hydroxylation sites is 1. The number of furan rings is 1. The third kappa shape index (κ3) is 3.81. The van der Waals surface area contributed by atoms with Gasteiger partial charge in [0, 0.05) is 25.3 Å². The van der Waals surface area contributed by atoms with Crippen LogP contribution in [-0.2, 0) is 6.54 Å². The van der Waals surface area contributed by atoms with Crippen LogP contribution in [0.5, 0.6) is 0 Å². The number of urea groups is 1. The first-order valence-corrected chi connectivity index (χ1v) is 7.65. The molecular formula is C17H21N3O2. The van der Waals surface area contributed by atoms with Crippen LogP contribution in [0.15, 0.2) is 53.1 Å². The van der Waals surface area contributed by atoms with Gasteiger partial charge in [0.2, 0.25) is 0 Å². The van der Waals surface area contributed by atoms with E-state index in [4.69, 9.17) is 4.42 Å². The van der Waals surface area contributed by atoms with Crippen LogP contribution in [0.3, 0.4) is 0 Å². The predicted octanol–water partition coefficient (Wildman–Crippen LogP) is 2.61. The van der Waals surface area contributed by atoms with E-state index in [0.29, 0.717) is 19.0 Å². The molecule has 0 aliphatic carbocycles. The summed E-state index contributed by atoms with van der Waals surface area (Å²) in [6, 6.07) is 13.9. The van der Waals surface area contributed by atoms with Gasteiger partial charge in [0.05, 0.1) is 12.8 Å². The van der Waals surface area contributed by atoms with E-state index in [9.17, 15) is 4.79 Å². The van der Waals surface area contributed by atoms with Gasteiger partial charge in [-0.2, -0.15) is 0 Å². The summed E-state index contributed by atoms with van der Waals surface area (Å²) in [6.07, 6.45) is 2.71. The van der Waals surface area contributed by atoms with E-state index in [1.807, 2.05) is 18.2 Å². The highest BCUT2D eigenvalue weighted by Crippen LogP contribution is 2.22. The molecule has 1 unspecified atom stereocenters. The van der Waals surface area contributed by atoms with Crippen molar-refractivity contribution in [2.24, 2.45) is 5.92 Å². The topological polar surface area (TPSA) is 57.5 Å². The first-order chi connectivity index (χ1) is 10.8. The fraction of sp³-hybridized carbons (Fsp3) is 0.353. The van der Waals surface area contributed by atoms with E-state index in [-0.39, 0.29) is 6.03 Å². The average Bonchev–Trinajstić information content (AvgIpc) is 3.23. The Morgan fingerprint density at radius 1 is 1.18 bits per heavy atom. The fourth-order valence-corrected chi connectivity index (χ4v) is 2.75. The number of nitrogens with zero attached hydrogens (tertiary/aromatic N) is 1. The van der Waals surface area contributed by atoms with Gasteiger partial charge in [-0.25, -0.2) is 4.79 Å². The monoisotopic (exact) mass is 299 g/mol. The lowest BCUT2D eigenvalue weighted by Gasteiger charge is -2.18. The molecule has 0 radical (unpaired) electrons. The zero-order valence-electron chi connectivity index (χ0n) is 12.5. The van der Waals surface area contributed by atoms with Crippen molar-refractivity contribution in [2.45, 2.75) is 13.0 Å². The summed E-state index contributed by atoms with van der Waals surface area (Å²) in [4.78, 5) is 14.1. The molecule has 2 amide bonds. The molecular weight excluding hydrogens is 278 g/mol. The Morgan fingerprint density at radius 3 is 2.82 bits per heavy atom. The molecule has 22 heavy (non-hydrogen) atoms. The summed E-state index contributed by atoms with van der Waals surface area (Å²) in [6.45, 7) is 3.15. The quantitative estimate of drug-likeness (QED) is 0.892. The third-order valence-corrected chi connectivity index (χ3v) is 3.96. The van der Waals surface area contributed by atoms with Crippen LogP contribution < -0.4 is 15.5 Å². The van der Waals surface area contributed by atoms with E-state index in [2.05, 4.69) is 39.8 Å². The van der Waals surface area contributed by atoms with Crippen molar-refractivity contribution in [2.75, 3.05) is 24.5 Å². The Hall–Kier alpha value is -2.43. The summed E-state index contributed by atoms with van der Waals surface area (Å²) < 4.78 is 5.18. The lowest BCUT2D eigenvalue weighted by molar-refractivity contribution is 0.238. The van der Waals surface area contributed by atoms with Gasteiger partial charge in [-0.15, -0.1) is 0 Å². The van der Waals surface area contributed by atoms with Crippen LogP contribution in [0, 0.1) is 5.92 Å². The Kier molecular flexibility index (Phi) is 4.63. The predicted molar refractivity (Wildman–Crippen MR) is 85.7 cm³/mol. The van der Waals surface area contributed by atoms with Crippen LogP contribution in [0.2, 0.25) is 0 Å². The number of hydrogen-bond donors (Lipinski definition) is 2. The van der Waals surface area contributed by atoms with Gasteiger partial charge in [-0.05, 0) is 36.6 Å². The molecule has 116 valence electrons. The molecule has 1 saturated heterocycles. The second kappa shape index (κ2) is 7.02. The number of carbonyl (C=O) groups excluding carboxylic acids is 1. The number of hydrogen-bond acceptors (Lipinski definition) is 3. The highest BCUT2D eigenvalue weighted by atomic mass is 16.3. The first kappa shape index (κ1) is 14.5. The number of anilines is 1. The van der Waals surface area contributed by atoms with Gasteiger partial charge in [0.25, 0.3) is 0 Å². The minimum atomic E-state index is -0.144. The molecule has 0 saturated carbocycles. The molecule has 3 rings (SSSR count). The molecule has 1 fully saturated rings. The van der Waals surface area contributed by atoms with Gasteiger partial charge in [0.15, 0.2) is 0 Å². The number of rotatable bonds is 5. The molecule has 5 nitrogen and oxygen atoms in total. The molecule has 2 N–H and O–H groups in total. The van der Waals surface area contributed by atoms with Crippen LogP contribution >= 0.6 is 0 Å². The Morgan fingerprint density at radius 2 is 2.05 bits per heavy atom. The van der Waals surface area contributed by atoms with E-state index in [0.717, 1.165) is 25.3 Å². The highest BCUT2D eigenvalue weighted by Gasteiger charge is 2.22. The van der Waals surface area contributed by atoms with Crippen molar-refractivity contribution in [3.63, 3.8) is 0 Å². The number of carbonyl (C=O) groups is 1. The van der Waals surface area contributed by atoms with Crippen LogP contribution in [0.25, 0.3) is 0 Å². The normalized spacial score (nSPS) is 17.5. The number of benzene rings is 1. The SMILES string of the molecule is O=C(NCc1ccco1)NCC1CCN(c2ccccc2)C1. The zero-order valence-corrected chi connectivity index (χ0v) is 12.5. The first-order valence-electron chi connectivity index (χ1n) is 7.65. The minimum Gasteiger partial charge on any atom is -0.467 e. The fourth-order valence-electron chi connectivity index (χ4n) is 2.75. The Bertz CT molecular complexity index is 583. The largest absolute Gasteiger partial charge is 0.467 e. The molecule has 0 bridgehead atoms. The summed E-state index contributed by atoms with van der Waals surface area (Å²) >= 11 is 0. The lowest BCUT2D eigenvalue weighted by Crippen LogP contribution is -2.38. The summed E-state index contributed by atoms with van der Waals surface area (Å²) in [7, 11) is 0. The van der Waals surface area contributed by atoms with Crippen molar-refractivity contribution in [1.82, 2.24) is 10.6 Å². The van der Waals surface area contributed by atoms with Crippen LogP contribution in [0.4, 0.5) is 10.5 Å². The molecule has 5 heteroatoms. The molecule has 1 aromatic carbocycles. The van der Waals surface area contributed by atoms with E-state index < -0.39 is 0 Å². The maximum Gasteiger partial charge on any atom is 0.315 e. The summed E-state index contributed by atoms with van der Waals surface area (Å²) in [5.41, 5.74) is 1.26. The smallest absolute Gasteiger partial charge is 0.315 e. The molecule has 1 aromatic heterocycles. The maximum absolute atomic E-state index is 11.8. The molecule has 0 spiro atoms. The van der Waals surface area contributed by atoms with Crippen molar-refractivity contribution in [1.29, 1.82) is 0 Å². The maximum atomic E-state index is 11.8. The molecule has 2 aromatic rings. The number of nitrogens with one attached hydrogen (secondary N) is 2. The zero-order chi connectivity index (χ0) is 15.2. The summed E-state index contributed by atoms with van der Waals surface area (Å²) in [5.74, 6) is 1.25. The van der Waals surface area contributed by atoms with Crippen molar-refractivity contribution in [3.05, 3.63) is 54.5 Å². The van der Waals surface area contributed by atoms with E-state index in [1.165, 1.54) is 5.69 Å².